The van der Waals surface area contributed by atoms with Crippen LogP contribution in [0.5, 0.6) is 0 Å². The van der Waals surface area contributed by atoms with Crippen molar-refractivity contribution in [2.75, 3.05) is 6.54 Å². The van der Waals surface area contributed by atoms with Crippen molar-refractivity contribution in [3.63, 3.8) is 0 Å². The van der Waals surface area contributed by atoms with Crippen molar-refractivity contribution in [3.05, 3.63) is 0 Å². The summed E-state index contributed by atoms with van der Waals surface area (Å²) < 4.78 is 0. The third-order valence-corrected chi connectivity index (χ3v) is 4.51. The summed E-state index contributed by atoms with van der Waals surface area (Å²) in [5.74, 6) is 0.963. The van der Waals surface area contributed by atoms with Gasteiger partial charge in [0.25, 0.3) is 0 Å². The van der Waals surface area contributed by atoms with Crippen LogP contribution in [0, 0.1) is 5.92 Å². The fourth-order valence-corrected chi connectivity index (χ4v) is 3.13. The Labute approximate surface area is 98.4 Å². The van der Waals surface area contributed by atoms with Gasteiger partial charge in [0.2, 0.25) is 5.91 Å². The van der Waals surface area contributed by atoms with E-state index in [0.717, 1.165) is 19.4 Å². The van der Waals surface area contributed by atoms with Gasteiger partial charge in [0, 0.05) is 19.0 Å². The maximum absolute atomic E-state index is 12.2. The Hall–Kier alpha value is -0.570. The number of carbonyl (C=O) groups excluding carboxylic acids is 1. The van der Waals surface area contributed by atoms with Gasteiger partial charge >= 0.3 is 0 Å². The largest absolute Gasteiger partial charge is 0.336 e. The SMILES string of the molecule is CC1(C)C(N)CCN1C(=O)CC1CCCC1. The normalized spacial score (nSPS) is 29.9. The van der Waals surface area contributed by atoms with Gasteiger partial charge in [0.05, 0.1) is 5.54 Å². The topological polar surface area (TPSA) is 46.3 Å². The minimum absolute atomic E-state index is 0.139. The molecule has 2 aliphatic rings. The number of hydrogen-bond acceptors (Lipinski definition) is 2. The van der Waals surface area contributed by atoms with Crippen molar-refractivity contribution >= 4 is 5.91 Å². The summed E-state index contributed by atoms with van der Waals surface area (Å²) >= 11 is 0. The summed E-state index contributed by atoms with van der Waals surface area (Å²) in [6.45, 7) is 5.04. The predicted molar refractivity (Wildman–Crippen MR) is 65.0 cm³/mol. The minimum atomic E-state index is -0.143. The van der Waals surface area contributed by atoms with Crippen LogP contribution in [0.3, 0.4) is 0 Å². The van der Waals surface area contributed by atoms with E-state index < -0.39 is 0 Å². The second-order valence-corrected chi connectivity index (χ2v) is 5.95. The number of rotatable bonds is 2. The van der Waals surface area contributed by atoms with Crippen LogP contribution in [0.25, 0.3) is 0 Å². The Balaban J connectivity index is 1.94. The monoisotopic (exact) mass is 224 g/mol. The molecule has 3 nitrogen and oxygen atoms in total. The number of hydrogen-bond donors (Lipinski definition) is 1. The first-order chi connectivity index (χ1) is 7.51. The van der Waals surface area contributed by atoms with Crippen molar-refractivity contribution in [2.24, 2.45) is 11.7 Å². The lowest BCUT2D eigenvalue weighted by Crippen LogP contribution is -2.51. The van der Waals surface area contributed by atoms with Gasteiger partial charge in [-0.2, -0.15) is 0 Å². The van der Waals surface area contributed by atoms with Crippen LogP contribution in [-0.4, -0.2) is 28.9 Å². The average molecular weight is 224 g/mol. The van der Waals surface area contributed by atoms with Crippen LogP contribution in [0.2, 0.25) is 0 Å². The predicted octanol–water partition coefficient (Wildman–Crippen LogP) is 1.90. The molecule has 1 aliphatic carbocycles. The Morgan fingerprint density at radius 1 is 1.31 bits per heavy atom. The molecule has 1 saturated carbocycles. The van der Waals surface area contributed by atoms with Crippen LogP contribution in [0.1, 0.15) is 52.4 Å². The highest BCUT2D eigenvalue weighted by molar-refractivity contribution is 5.77. The molecule has 16 heavy (non-hydrogen) atoms. The highest BCUT2D eigenvalue weighted by Crippen LogP contribution is 2.32. The first-order valence-corrected chi connectivity index (χ1v) is 6.58. The summed E-state index contributed by atoms with van der Waals surface area (Å²) in [6.07, 6.45) is 6.79. The lowest BCUT2D eigenvalue weighted by Gasteiger charge is -2.35. The first kappa shape index (κ1) is 11.9. The molecule has 1 heterocycles. The number of amides is 1. The molecule has 0 radical (unpaired) electrons. The fraction of sp³-hybridized carbons (Fsp3) is 0.923. The van der Waals surface area contributed by atoms with E-state index in [9.17, 15) is 4.79 Å². The highest BCUT2D eigenvalue weighted by atomic mass is 16.2. The average Bonchev–Trinajstić information content (AvgIpc) is 2.77. The second kappa shape index (κ2) is 4.36. The minimum Gasteiger partial charge on any atom is -0.336 e. The van der Waals surface area contributed by atoms with Crippen LogP contribution < -0.4 is 5.73 Å². The van der Waals surface area contributed by atoms with Gasteiger partial charge in [-0.3, -0.25) is 4.79 Å². The third kappa shape index (κ3) is 2.10. The Bertz CT molecular complexity index is 269. The molecule has 1 saturated heterocycles. The molecule has 3 heteroatoms. The van der Waals surface area contributed by atoms with E-state index in [1.807, 2.05) is 4.90 Å². The van der Waals surface area contributed by atoms with E-state index in [2.05, 4.69) is 13.8 Å². The van der Waals surface area contributed by atoms with E-state index in [1.54, 1.807) is 0 Å². The van der Waals surface area contributed by atoms with Gasteiger partial charge < -0.3 is 10.6 Å². The zero-order chi connectivity index (χ0) is 11.8. The lowest BCUT2D eigenvalue weighted by molar-refractivity contribution is -0.135. The molecule has 0 aromatic carbocycles. The molecule has 1 amide bonds. The fourth-order valence-electron chi connectivity index (χ4n) is 3.13. The molecule has 92 valence electrons. The number of likely N-dealkylation sites (tertiary alicyclic amines) is 1. The van der Waals surface area contributed by atoms with E-state index in [-0.39, 0.29) is 11.6 Å². The zero-order valence-corrected chi connectivity index (χ0v) is 10.5. The van der Waals surface area contributed by atoms with E-state index in [0.29, 0.717) is 11.8 Å². The smallest absolute Gasteiger partial charge is 0.223 e. The van der Waals surface area contributed by atoms with Gasteiger partial charge in [-0.1, -0.05) is 12.8 Å². The Kier molecular flexibility index (Phi) is 3.24. The van der Waals surface area contributed by atoms with E-state index in [1.165, 1.54) is 25.7 Å². The maximum atomic E-state index is 12.2. The molecule has 0 aromatic heterocycles. The molecule has 0 spiro atoms. The van der Waals surface area contributed by atoms with Crippen molar-refractivity contribution in [1.82, 2.24) is 4.90 Å². The molecular formula is C13H24N2O. The standard InChI is InChI=1S/C13H24N2O/c1-13(2)11(14)7-8-15(13)12(16)9-10-5-3-4-6-10/h10-11H,3-9,14H2,1-2H3. The molecule has 1 atom stereocenters. The van der Waals surface area contributed by atoms with Gasteiger partial charge in [-0.25, -0.2) is 0 Å². The molecule has 2 N–H and O–H groups in total. The Morgan fingerprint density at radius 2 is 1.94 bits per heavy atom. The first-order valence-electron chi connectivity index (χ1n) is 6.58. The van der Waals surface area contributed by atoms with Crippen LogP contribution in [-0.2, 0) is 4.79 Å². The van der Waals surface area contributed by atoms with Crippen molar-refractivity contribution in [3.8, 4) is 0 Å². The van der Waals surface area contributed by atoms with Crippen molar-refractivity contribution in [2.45, 2.75) is 64.0 Å². The summed E-state index contributed by atoms with van der Waals surface area (Å²) in [4.78, 5) is 14.2. The summed E-state index contributed by atoms with van der Waals surface area (Å²) in [5.41, 5.74) is 5.91. The van der Waals surface area contributed by atoms with Gasteiger partial charge in [0.1, 0.15) is 0 Å². The highest BCUT2D eigenvalue weighted by Gasteiger charge is 2.41. The lowest BCUT2D eigenvalue weighted by atomic mass is 9.95. The van der Waals surface area contributed by atoms with Crippen LogP contribution >= 0.6 is 0 Å². The molecule has 2 fully saturated rings. The number of nitrogens with zero attached hydrogens (tertiary/aromatic N) is 1. The molecular weight excluding hydrogens is 200 g/mol. The Morgan fingerprint density at radius 3 is 2.44 bits per heavy atom. The third-order valence-electron chi connectivity index (χ3n) is 4.51. The van der Waals surface area contributed by atoms with Crippen LogP contribution in [0.15, 0.2) is 0 Å². The van der Waals surface area contributed by atoms with Gasteiger partial charge in [0.15, 0.2) is 0 Å². The van der Waals surface area contributed by atoms with E-state index >= 15 is 0 Å². The second-order valence-electron chi connectivity index (χ2n) is 5.95. The summed E-state index contributed by atoms with van der Waals surface area (Å²) in [7, 11) is 0. The van der Waals surface area contributed by atoms with Gasteiger partial charge in [-0.05, 0) is 39.0 Å². The van der Waals surface area contributed by atoms with Crippen molar-refractivity contribution < 1.29 is 4.79 Å². The number of carbonyl (C=O) groups is 1. The maximum Gasteiger partial charge on any atom is 0.223 e. The molecule has 0 bridgehead atoms. The molecule has 0 aromatic rings. The zero-order valence-electron chi connectivity index (χ0n) is 10.5. The molecule has 1 unspecified atom stereocenters. The molecule has 1 aliphatic heterocycles. The summed E-state index contributed by atoms with van der Waals surface area (Å²) in [5, 5.41) is 0. The van der Waals surface area contributed by atoms with E-state index in [4.69, 9.17) is 5.73 Å². The quantitative estimate of drug-likeness (QED) is 0.778. The molecule has 2 rings (SSSR count). The summed E-state index contributed by atoms with van der Waals surface area (Å²) in [6, 6.07) is 0.139. The van der Waals surface area contributed by atoms with Crippen molar-refractivity contribution in [1.29, 1.82) is 0 Å². The van der Waals surface area contributed by atoms with Crippen LogP contribution in [0.4, 0.5) is 0 Å². The number of nitrogens with two attached hydrogens (primary N) is 1. The van der Waals surface area contributed by atoms with Gasteiger partial charge in [-0.15, -0.1) is 0 Å².